The summed E-state index contributed by atoms with van der Waals surface area (Å²) in [5, 5.41) is 5.30. The van der Waals surface area contributed by atoms with Crippen LogP contribution in [-0.2, 0) is 20.9 Å². The van der Waals surface area contributed by atoms with Crippen LogP contribution in [0.1, 0.15) is 40.2 Å². The number of rotatable bonds is 7. The summed E-state index contributed by atoms with van der Waals surface area (Å²) in [5.41, 5.74) is 0.362. The average Bonchev–Trinajstić information content (AvgIpc) is 2.50. The van der Waals surface area contributed by atoms with E-state index < -0.39 is 23.8 Å². The standard InChI is InChI=1S/C18H28N2O4/c1-6-19-16(21)15(20-17(22)24-18(3,4)5)13(2)23-12-14-10-8-7-9-11-14/h7-11,13,15H,6,12H2,1-5H3,(H,19,21)(H,20,22)/t13-,15+/m0/s1. The van der Waals surface area contributed by atoms with Crippen molar-refractivity contribution in [1.29, 1.82) is 0 Å². The van der Waals surface area contributed by atoms with Crippen LogP contribution in [0, 0.1) is 0 Å². The number of likely N-dealkylation sites (N-methyl/N-ethyl adjacent to an activating group) is 1. The third-order valence-corrected chi connectivity index (χ3v) is 3.13. The van der Waals surface area contributed by atoms with Crippen LogP contribution < -0.4 is 10.6 Å². The van der Waals surface area contributed by atoms with Gasteiger partial charge in [0.15, 0.2) is 0 Å². The Balaban J connectivity index is 2.69. The van der Waals surface area contributed by atoms with Crippen molar-refractivity contribution in [1.82, 2.24) is 10.6 Å². The molecule has 0 spiro atoms. The molecule has 0 saturated heterocycles. The fourth-order valence-electron chi connectivity index (χ4n) is 2.01. The summed E-state index contributed by atoms with van der Waals surface area (Å²) in [7, 11) is 0. The average molecular weight is 336 g/mol. The fourth-order valence-corrected chi connectivity index (χ4v) is 2.01. The lowest BCUT2D eigenvalue weighted by atomic mass is 10.1. The number of hydrogen-bond donors (Lipinski definition) is 2. The predicted molar refractivity (Wildman–Crippen MR) is 92.5 cm³/mol. The van der Waals surface area contributed by atoms with Gasteiger partial charge >= 0.3 is 6.09 Å². The third-order valence-electron chi connectivity index (χ3n) is 3.13. The topological polar surface area (TPSA) is 76.7 Å². The van der Waals surface area contributed by atoms with Gasteiger partial charge in [-0.25, -0.2) is 4.79 Å². The SMILES string of the molecule is CCNC(=O)[C@H](NC(=O)OC(C)(C)C)[C@H](C)OCc1ccccc1. The summed E-state index contributed by atoms with van der Waals surface area (Å²) in [4.78, 5) is 24.2. The molecule has 1 rings (SSSR count). The summed E-state index contributed by atoms with van der Waals surface area (Å²) in [6.07, 6.45) is -1.15. The normalized spacial score (nSPS) is 13.7. The van der Waals surface area contributed by atoms with Crippen LogP contribution in [0.4, 0.5) is 4.79 Å². The Bertz CT molecular complexity index is 526. The van der Waals surface area contributed by atoms with E-state index in [1.807, 2.05) is 37.3 Å². The highest BCUT2D eigenvalue weighted by Gasteiger charge is 2.29. The Morgan fingerprint density at radius 3 is 2.33 bits per heavy atom. The number of alkyl carbamates (subject to hydrolysis) is 1. The Kier molecular flexibility index (Phi) is 7.71. The number of ether oxygens (including phenoxy) is 2. The molecule has 2 N–H and O–H groups in total. The number of carbonyl (C=O) groups excluding carboxylic acids is 2. The first-order valence-corrected chi connectivity index (χ1v) is 8.15. The van der Waals surface area contributed by atoms with E-state index in [0.29, 0.717) is 13.2 Å². The van der Waals surface area contributed by atoms with Crippen molar-refractivity contribution in [2.75, 3.05) is 6.54 Å². The van der Waals surface area contributed by atoms with Gasteiger partial charge in [0.1, 0.15) is 11.6 Å². The summed E-state index contributed by atoms with van der Waals surface area (Å²) in [5.74, 6) is -0.302. The van der Waals surface area contributed by atoms with Crippen LogP contribution in [0.2, 0.25) is 0 Å². The molecule has 0 radical (unpaired) electrons. The number of nitrogens with one attached hydrogen (secondary N) is 2. The maximum absolute atomic E-state index is 12.2. The van der Waals surface area contributed by atoms with Crippen LogP contribution in [0.15, 0.2) is 30.3 Å². The van der Waals surface area contributed by atoms with E-state index >= 15 is 0 Å². The molecule has 0 saturated carbocycles. The molecular formula is C18H28N2O4. The zero-order valence-corrected chi connectivity index (χ0v) is 15.1. The quantitative estimate of drug-likeness (QED) is 0.802. The second-order valence-electron chi connectivity index (χ2n) is 6.52. The second kappa shape index (κ2) is 9.27. The summed E-state index contributed by atoms with van der Waals surface area (Å²) in [6.45, 7) is 9.69. The van der Waals surface area contributed by atoms with Crippen molar-refractivity contribution in [3.8, 4) is 0 Å². The van der Waals surface area contributed by atoms with E-state index in [1.54, 1.807) is 27.7 Å². The molecule has 0 fully saturated rings. The van der Waals surface area contributed by atoms with Crippen molar-refractivity contribution >= 4 is 12.0 Å². The molecule has 2 amide bonds. The van der Waals surface area contributed by atoms with Crippen LogP contribution >= 0.6 is 0 Å². The van der Waals surface area contributed by atoms with E-state index in [-0.39, 0.29) is 5.91 Å². The van der Waals surface area contributed by atoms with E-state index in [4.69, 9.17) is 9.47 Å². The highest BCUT2D eigenvalue weighted by Crippen LogP contribution is 2.10. The number of benzene rings is 1. The first-order chi connectivity index (χ1) is 11.2. The summed E-state index contributed by atoms with van der Waals surface area (Å²) >= 11 is 0. The molecule has 24 heavy (non-hydrogen) atoms. The zero-order chi connectivity index (χ0) is 18.2. The van der Waals surface area contributed by atoms with Gasteiger partial charge in [-0.15, -0.1) is 0 Å². The summed E-state index contributed by atoms with van der Waals surface area (Å²) < 4.78 is 11.0. The van der Waals surface area contributed by atoms with Crippen LogP contribution in [0.5, 0.6) is 0 Å². The molecule has 0 aliphatic heterocycles. The van der Waals surface area contributed by atoms with Crippen LogP contribution in [0.25, 0.3) is 0 Å². The van der Waals surface area contributed by atoms with E-state index in [0.717, 1.165) is 5.56 Å². The third kappa shape index (κ3) is 7.46. The Hall–Kier alpha value is -2.08. The van der Waals surface area contributed by atoms with Gasteiger partial charge in [-0.3, -0.25) is 4.79 Å². The minimum Gasteiger partial charge on any atom is -0.444 e. The minimum atomic E-state index is -0.830. The predicted octanol–water partition coefficient (Wildman–Crippen LogP) is 2.62. The maximum Gasteiger partial charge on any atom is 0.408 e. The Labute approximate surface area is 143 Å². The second-order valence-corrected chi connectivity index (χ2v) is 6.52. The summed E-state index contributed by atoms with van der Waals surface area (Å²) in [6, 6.07) is 8.81. The molecular weight excluding hydrogens is 308 g/mol. The largest absolute Gasteiger partial charge is 0.444 e. The van der Waals surface area contributed by atoms with Crippen molar-refractivity contribution in [3.63, 3.8) is 0 Å². The maximum atomic E-state index is 12.2. The molecule has 0 unspecified atom stereocenters. The van der Waals surface area contributed by atoms with Crippen molar-refractivity contribution in [3.05, 3.63) is 35.9 Å². The lowest BCUT2D eigenvalue weighted by Gasteiger charge is -2.26. The van der Waals surface area contributed by atoms with Gasteiger partial charge in [0.2, 0.25) is 5.91 Å². The lowest BCUT2D eigenvalue weighted by Crippen LogP contribution is -2.54. The molecule has 0 heterocycles. The van der Waals surface area contributed by atoms with Gasteiger partial charge < -0.3 is 20.1 Å². The molecule has 1 aromatic rings. The Morgan fingerprint density at radius 2 is 1.79 bits per heavy atom. The highest BCUT2D eigenvalue weighted by molar-refractivity contribution is 5.86. The van der Waals surface area contributed by atoms with Crippen molar-refractivity contribution < 1.29 is 19.1 Å². The molecule has 2 atom stereocenters. The molecule has 134 valence electrons. The number of amides is 2. The number of hydrogen-bond acceptors (Lipinski definition) is 4. The van der Waals surface area contributed by atoms with Gasteiger partial charge in [0.25, 0.3) is 0 Å². The first kappa shape index (κ1) is 20.0. The van der Waals surface area contributed by atoms with Crippen LogP contribution in [-0.4, -0.2) is 36.3 Å². The minimum absolute atomic E-state index is 0.302. The van der Waals surface area contributed by atoms with Crippen molar-refractivity contribution in [2.24, 2.45) is 0 Å². The fraction of sp³-hybridized carbons (Fsp3) is 0.556. The molecule has 0 aliphatic rings. The molecule has 0 aromatic heterocycles. The molecule has 1 aromatic carbocycles. The smallest absolute Gasteiger partial charge is 0.408 e. The number of carbonyl (C=O) groups is 2. The van der Waals surface area contributed by atoms with Gasteiger partial charge in [0, 0.05) is 6.54 Å². The van der Waals surface area contributed by atoms with E-state index in [1.165, 1.54) is 0 Å². The highest BCUT2D eigenvalue weighted by atomic mass is 16.6. The van der Waals surface area contributed by atoms with E-state index in [9.17, 15) is 9.59 Å². The molecule has 0 aliphatic carbocycles. The monoisotopic (exact) mass is 336 g/mol. The first-order valence-electron chi connectivity index (χ1n) is 8.15. The van der Waals surface area contributed by atoms with Crippen molar-refractivity contribution in [2.45, 2.75) is 59.0 Å². The molecule has 6 heteroatoms. The van der Waals surface area contributed by atoms with Gasteiger partial charge in [-0.2, -0.15) is 0 Å². The molecule has 6 nitrogen and oxygen atoms in total. The zero-order valence-electron chi connectivity index (χ0n) is 15.1. The molecule has 0 bridgehead atoms. The van der Waals surface area contributed by atoms with Crippen LogP contribution in [0.3, 0.4) is 0 Å². The Morgan fingerprint density at radius 1 is 1.17 bits per heavy atom. The van der Waals surface area contributed by atoms with Gasteiger partial charge in [-0.05, 0) is 40.2 Å². The lowest BCUT2D eigenvalue weighted by molar-refractivity contribution is -0.127. The van der Waals surface area contributed by atoms with E-state index in [2.05, 4.69) is 10.6 Å². The van der Waals surface area contributed by atoms with Gasteiger partial charge in [-0.1, -0.05) is 30.3 Å². The van der Waals surface area contributed by atoms with Gasteiger partial charge in [0.05, 0.1) is 12.7 Å².